The Kier molecular flexibility index (Phi) is 3.92. The molecule has 0 saturated carbocycles. The molecule has 0 aliphatic carbocycles. The Labute approximate surface area is 113 Å². The summed E-state index contributed by atoms with van der Waals surface area (Å²) in [6.45, 7) is 7.34. The van der Waals surface area contributed by atoms with Gasteiger partial charge in [0.2, 0.25) is 0 Å². The van der Waals surface area contributed by atoms with Crippen molar-refractivity contribution in [3.05, 3.63) is 34.9 Å². The van der Waals surface area contributed by atoms with Crippen LogP contribution >= 0.6 is 0 Å². The van der Waals surface area contributed by atoms with E-state index in [9.17, 15) is 4.79 Å². The van der Waals surface area contributed by atoms with E-state index < -0.39 is 6.29 Å². The first-order valence-corrected chi connectivity index (χ1v) is 6.35. The minimum absolute atomic E-state index is 0.0341. The Morgan fingerprint density at radius 2 is 1.95 bits per heavy atom. The third kappa shape index (κ3) is 3.14. The highest BCUT2D eigenvalue weighted by Crippen LogP contribution is 2.31. The average Bonchev–Trinajstić information content (AvgIpc) is 2.39. The van der Waals surface area contributed by atoms with E-state index in [1.807, 2.05) is 19.1 Å². The van der Waals surface area contributed by atoms with Gasteiger partial charge < -0.3 is 14.2 Å². The second-order valence-electron chi connectivity index (χ2n) is 5.68. The van der Waals surface area contributed by atoms with Crippen molar-refractivity contribution in [2.24, 2.45) is 5.41 Å². The number of aryl methyl sites for hydroxylation is 1. The molecular formula is C15H20O4. The minimum atomic E-state index is -0.406. The van der Waals surface area contributed by atoms with Gasteiger partial charge in [0, 0.05) is 11.0 Å². The molecule has 0 spiro atoms. The van der Waals surface area contributed by atoms with Gasteiger partial charge in [0.05, 0.1) is 25.9 Å². The summed E-state index contributed by atoms with van der Waals surface area (Å²) in [4.78, 5) is 11.7. The van der Waals surface area contributed by atoms with Gasteiger partial charge in [0.15, 0.2) is 6.29 Å². The van der Waals surface area contributed by atoms with Crippen molar-refractivity contribution < 1.29 is 19.0 Å². The first-order valence-electron chi connectivity index (χ1n) is 6.35. The van der Waals surface area contributed by atoms with Gasteiger partial charge in [0.1, 0.15) is 0 Å². The zero-order chi connectivity index (χ0) is 14.0. The molecule has 0 bridgehead atoms. The Bertz CT molecular complexity index is 469. The molecule has 1 heterocycles. The van der Waals surface area contributed by atoms with Crippen LogP contribution < -0.4 is 0 Å². The molecule has 1 aromatic rings. The lowest BCUT2D eigenvalue weighted by Crippen LogP contribution is -2.33. The highest BCUT2D eigenvalue weighted by Gasteiger charge is 2.29. The molecule has 1 aliphatic heterocycles. The van der Waals surface area contributed by atoms with Gasteiger partial charge in [-0.1, -0.05) is 26.0 Å². The Hall–Kier alpha value is -1.39. The van der Waals surface area contributed by atoms with Crippen LogP contribution in [-0.4, -0.2) is 26.3 Å². The molecule has 0 amide bonds. The molecule has 1 fully saturated rings. The number of carbonyl (C=O) groups is 1. The first kappa shape index (κ1) is 14.0. The summed E-state index contributed by atoms with van der Waals surface area (Å²) in [6, 6.07) is 5.59. The van der Waals surface area contributed by atoms with E-state index in [1.54, 1.807) is 6.07 Å². The first-order chi connectivity index (χ1) is 8.93. The van der Waals surface area contributed by atoms with Crippen LogP contribution in [0.2, 0.25) is 0 Å². The van der Waals surface area contributed by atoms with Crippen molar-refractivity contribution in [1.29, 1.82) is 0 Å². The average molecular weight is 264 g/mol. The number of hydrogen-bond donors (Lipinski definition) is 0. The molecule has 0 aromatic heterocycles. The quantitative estimate of drug-likeness (QED) is 0.770. The van der Waals surface area contributed by atoms with Crippen LogP contribution in [0.15, 0.2) is 18.2 Å². The molecule has 0 radical (unpaired) electrons. The summed E-state index contributed by atoms with van der Waals surface area (Å²) >= 11 is 0. The maximum Gasteiger partial charge on any atom is 0.338 e. The summed E-state index contributed by atoms with van der Waals surface area (Å²) < 4.78 is 16.2. The Balaban J connectivity index is 2.20. The standard InChI is InChI=1S/C15H20O4/c1-10-5-6-11(7-12(10)13(16)17-4)14-18-8-15(2,3)9-19-14/h5-7,14H,8-9H2,1-4H3. The van der Waals surface area contributed by atoms with Crippen LogP contribution in [0.25, 0.3) is 0 Å². The van der Waals surface area contributed by atoms with Crippen LogP contribution in [0.4, 0.5) is 0 Å². The van der Waals surface area contributed by atoms with Gasteiger partial charge in [0.25, 0.3) is 0 Å². The molecule has 2 rings (SSSR count). The molecule has 19 heavy (non-hydrogen) atoms. The molecule has 0 atom stereocenters. The van der Waals surface area contributed by atoms with Crippen molar-refractivity contribution in [1.82, 2.24) is 0 Å². The number of methoxy groups -OCH3 is 1. The van der Waals surface area contributed by atoms with E-state index >= 15 is 0 Å². The Morgan fingerprint density at radius 3 is 2.53 bits per heavy atom. The zero-order valence-electron chi connectivity index (χ0n) is 11.9. The number of carbonyl (C=O) groups excluding carboxylic acids is 1. The predicted molar refractivity (Wildman–Crippen MR) is 70.9 cm³/mol. The van der Waals surface area contributed by atoms with E-state index in [0.717, 1.165) is 11.1 Å². The molecular weight excluding hydrogens is 244 g/mol. The van der Waals surface area contributed by atoms with Gasteiger partial charge in [-0.15, -0.1) is 0 Å². The zero-order valence-corrected chi connectivity index (χ0v) is 11.9. The van der Waals surface area contributed by atoms with Crippen molar-refractivity contribution >= 4 is 5.97 Å². The minimum Gasteiger partial charge on any atom is -0.465 e. The van der Waals surface area contributed by atoms with Gasteiger partial charge in [-0.25, -0.2) is 4.79 Å². The van der Waals surface area contributed by atoms with Crippen molar-refractivity contribution in [3.8, 4) is 0 Å². The van der Waals surface area contributed by atoms with Gasteiger partial charge in [-0.05, 0) is 18.6 Å². The molecule has 0 unspecified atom stereocenters. The van der Waals surface area contributed by atoms with Gasteiger partial charge in [-0.3, -0.25) is 0 Å². The third-order valence-corrected chi connectivity index (χ3v) is 3.19. The number of ether oxygens (including phenoxy) is 3. The lowest BCUT2D eigenvalue weighted by atomic mass is 9.95. The van der Waals surface area contributed by atoms with E-state index in [2.05, 4.69) is 13.8 Å². The predicted octanol–water partition coefficient (Wildman–Crippen LogP) is 2.85. The molecule has 1 saturated heterocycles. The number of hydrogen-bond acceptors (Lipinski definition) is 4. The van der Waals surface area contributed by atoms with E-state index in [-0.39, 0.29) is 11.4 Å². The molecule has 4 heteroatoms. The third-order valence-electron chi connectivity index (χ3n) is 3.19. The van der Waals surface area contributed by atoms with E-state index in [1.165, 1.54) is 7.11 Å². The highest BCUT2D eigenvalue weighted by atomic mass is 16.7. The fourth-order valence-electron chi connectivity index (χ4n) is 2.00. The maximum atomic E-state index is 11.7. The number of benzene rings is 1. The second kappa shape index (κ2) is 5.31. The molecule has 104 valence electrons. The van der Waals surface area contributed by atoms with Crippen molar-refractivity contribution in [3.63, 3.8) is 0 Å². The molecule has 1 aromatic carbocycles. The topological polar surface area (TPSA) is 44.8 Å². The molecule has 4 nitrogen and oxygen atoms in total. The normalized spacial score (nSPS) is 19.2. The lowest BCUT2D eigenvalue weighted by molar-refractivity contribution is -0.226. The fourth-order valence-corrected chi connectivity index (χ4v) is 2.00. The van der Waals surface area contributed by atoms with Crippen molar-refractivity contribution in [2.45, 2.75) is 27.1 Å². The lowest BCUT2D eigenvalue weighted by Gasteiger charge is -2.34. The Morgan fingerprint density at radius 1 is 1.32 bits per heavy atom. The smallest absolute Gasteiger partial charge is 0.338 e. The second-order valence-corrected chi connectivity index (χ2v) is 5.68. The van der Waals surface area contributed by atoms with Crippen LogP contribution in [0, 0.1) is 12.3 Å². The van der Waals surface area contributed by atoms with E-state index in [4.69, 9.17) is 14.2 Å². The summed E-state index contributed by atoms with van der Waals surface area (Å²) in [5, 5.41) is 0. The molecule has 1 aliphatic rings. The SMILES string of the molecule is COC(=O)c1cc(C2OCC(C)(C)CO2)ccc1C. The van der Waals surface area contributed by atoms with Crippen molar-refractivity contribution in [2.75, 3.05) is 20.3 Å². The van der Waals surface area contributed by atoms with E-state index in [0.29, 0.717) is 18.8 Å². The summed E-state index contributed by atoms with van der Waals surface area (Å²) in [5.41, 5.74) is 2.32. The van der Waals surface area contributed by atoms with Crippen LogP contribution in [0.1, 0.15) is 41.6 Å². The monoisotopic (exact) mass is 264 g/mol. The van der Waals surface area contributed by atoms with Crippen LogP contribution in [-0.2, 0) is 14.2 Å². The highest BCUT2D eigenvalue weighted by molar-refractivity contribution is 5.91. The number of esters is 1. The molecule has 0 N–H and O–H groups in total. The summed E-state index contributed by atoms with van der Waals surface area (Å²) in [5.74, 6) is -0.338. The maximum absolute atomic E-state index is 11.7. The summed E-state index contributed by atoms with van der Waals surface area (Å²) in [7, 11) is 1.38. The van der Waals surface area contributed by atoms with Gasteiger partial charge >= 0.3 is 5.97 Å². The van der Waals surface area contributed by atoms with Crippen LogP contribution in [0.5, 0.6) is 0 Å². The van der Waals surface area contributed by atoms with Crippen LogP contribution in [0.3, 0.4) is 0 Å². The van der Waals surface area contributed by atoms with Gasteiger partial charge in [-0.2, -0.15) is 0 Å². The fraction of sp³-hybridized carbons (Fsp3) is 0.533. The largest absolute Gasteiger partial charge is 0.465 e. The summed E-state index contributed by atoms with van der Waals surface area (Å²) in [6.07, 6.45) is -0.406. The number of rotatable bonds is 2.